The van der Waals surface area contributed by atoms with Gasteiger partial charge in [0.2, 0.25) is 11.8 Å². The lowest BCUT2D eigenvalue weighted by Gasteiger charge is -2.31. The van der Waals surface area contributed by atoms with E-state index in [9.17, 15) is 9.59 Å². The summed E-state index contributed by atoms with van der Waals surface area (Å²) in [6, 6.07) is 23.3. The van der Waals surface area contributed by atoms with E-state index in [4.69, 9.17) is 23.2 Å². The molecule has 3 rings (SSSR count). The van der Waals surface area contributed by atoms with Crippen LogP contribution in [-0.4, -0.2) is 16.7 Å². The average molecular weight is 469 g/mol. The quantitative estimate of drug-likeness (QED) is 0.407. The third kappa shape index (κ3) is 6.35. The Kier molecular flexibility index (Phi) is 8.72. The summed E-state index contributed by atoms with van der Waals surface area (Å²) in [6.45, 7) is 2.53. The fourth-order valence-corrected chi connectivity index (χ4v) is 3.82. The molecule has 0 unspecified atom stereocenters. The predicted molar refractivity (Wildman–Crippen MR) is 129 cm³/mol. The molecule has 0 heterocycles. The predicted octanol–water partition coefficient (Wildman–Crippen LogP) is 6.18. The second-order valence-electron chi connectivity index (χ2n) is 7.52. The molecule has 2 amide bonds. The van der Waals surface area contributed by atoms with E-state index in [1.165, 1.54) is 0 Å². The lowest BCUT2D eigenvalue weighted by Crippen LogP contribution is -2.43. The average Bonchev–Trinajstić information content (AvgIpc) is 2.80. The van der Waals surface area contributed by atoms with Crippen molar-refractivity contribution in [2.45, 2.75) is 38.9 Å². The van der Waals surface area contributed by atoms with Gasteiger partial charge in [-0.15, -0.1) is 0 Å². The highest BCUT2D eigenvalue weighted by atomic mass is 35.5. The minimum atomic E-state index is -0.770. The van der Waals surface area contributed by atoms with Crippen molar-refractivity contribution < 1.29 is 9.59 Å². The van der Waals surface area contributed by atoms with Gasteiger partial charge in [-0.05, 0) is 41.3 Å². The monoisotopic (exact) mass is 468 g/mol. The van der Waals surface area contributed by atoms with Gasteiger partial charge in [0, 0.05) is 29.6 Å². The Morgan fingerprint density at radius 3 is 2.22 bits per heavy atom. The highest BCUT2D eigenvalue weighted by Crippen LogP contribution is 2.26. The fourth-order valence-electron chi connectivity index (χ4n) is 3.50. The van der Waals surface area contributed by atoms with E-state index in [2.05, 4.69) is 5.32 Å². The molecule has 0 aliphatic heterocycles. The molecular weight excluding hydrogens is 443 g/mol. The Labute approximate surface area is 199 Å². The summed E-state index contributed by atoms with van der Waals surface area (Å²) < 4.78 is 0. The fraction of sp³-hybridized carbons (Fsp3) is 0.231. The molecule has 3 aromatic rings. The molecule has 0 aliphatic carbocycles. The molecule has 0 aliphatic rings. The summed E-state index contributed by atoms with van der Waals surface area (Å²) in [7, 11) is 0. The van der Waals surface area contributed by atoms with E-state index in [1.807, 2.05) is 67.6 Å². The second kappa shape index (κ2) is 11.7. The third-order valence-corrected chi connectivity index (χ3v) is 5.76. The van der Waals surface area contributed by atoms with Crippen molar-refractivity contribution in [2.24, 2.45) is 0 Å². The molecule has 4 nitrogen and oxygen atoms in total. The molecule has 1 N–H and O–H groups in total. The number of benzene rings is 3. The minimum absolute atomic E-state index is 0.0794. The SMILES string of the molecule is CCCC(=O)N(Cc1ccc(Cl)cc1)[C@H](C(=O)NCc1ccccc1Cl)c1ccccc1. The number of amides is 2. The minimum Gasteiger partial charge on any atom is -0.350 e. The van der Waals surface area contributed by atoms with Gasteiger partial charge in [-0.25, -0.2) is 0 Å². The van der Waals surface area contributed by atoms with Crippen LogP contribution in [0, 0.1) is 0 Å². The molecule has 0 radical (unpaired) electrons. The van der Waals surface area contributed by atoms with Crippen LogP contribution in [0.2, 0.25) is 10.0 Å². The topological polar surface area (TPSA) is 49.4 Å². The van der Waals surface area contributed by atoms with Crippen LogP contribution in [0.15, 0.2) is 78.9 Å². The van der Waals surface area contributed by atoms with Crippen molar-refractivity contribution in [1.82, 2.24) is 10.2 Å². The summed E-state index contributed by atoms with van der Waals surface area (Å²) in [6.07, 6.45) is 1.05. The van der Waals surface area contributed by atoms with Crippen molar-refractivity contribution in [3.05, 3.63) is 106 Å². The Bertz CT molecular complexity index is 1040. The molecule has 0 spiro atoms. The Balaban J connectivity index is 1.92. The standard InChI is InChI=1S/C26H26Cl2N2O2/c1-2-8-24(31)30(18-19-13-15-22(27)16-14-19)25(20-9-4-3-5-10-20)26(32)29-17-21-11-6-7-12-23(21)28/h3-7,9-16,25H,2,8,17-18H2,1H3,(H,29,32)/t25-/m0/s1. The molecule has 32 heavy (non-hydrogen) atoms. The molecule has 166 valence electrons. The maximum Gasteiger partial charge on any atom is 0.247 e. The van der Waals surface area contributed by atoms with Crippen LogP contribution < -0.4 is 5.32 Å². The summed E-state index contributed by atoms with van der Waals surface area (Å²) in [5.41, 5.74) is 2.47. The van der Waals surface area contributed by atoms with E-state index in [1.54, 1.807) is 23.1 Å². The van der Waals surface area contributed by atoms with E-state index >= 15 is 0 Å². The molecule has 0 bridgehead atoms. The first kappa shape index (κ1) is 23.8. The Morgan fingerprint density at radius 1 is 0.906 bits per heavy atom. The Morgan fingerprint density at radius 2 is 1.56 bits per heavy atom. The number of nitrogens with zero attached hydrogens (tertiary/aromatic N) is 1. The summed E-state index contributed by atoms with van der Waals surface area (Å²) in [5.74, 6) is -0.335. The number of hydrogen-bond acceptors (Lipinski definition) is 2. The van der Waals surface area contributed by atoms with Crippen LogP contribution in [-0.2, 0) is 22.7 Å². The largest absolute Gasteiger partial charge is 0.350 e. The van der Waals surface area contributed by atoms with Gasteiger partial charge in [0.15, 0.2) is 0 Å². The molecule has 0 saturated heterocycles. The lowest BCUT2D eigenvalue weighted by molar-refractivity contribution is -0.141. The van der Waals surface area contributed by atoms with Gasteiger partial charge in [0.25, 0.3) is 0 Å². The van der Waals surface area contributed by atoms with Gasteiger partial charge in [-0.1, -0.05) is 90.8 Å². The van der Waals surface area contributed by atoms with Crippen LogP contribution in [0.4, 0.5) is 0 Å². The van der Waals surface area contributed by atoms with Gasteiger partial charge < -0.3 is 10.2 Å². The molecule has 0 saturated carbocycles. The smallest absolute Gasteiger partial charge is 0.247 e. The Hall–Kier alpha value is -2.82. The van der Waals surface area contributed by atoms with E-state index in [0.717, 1.165) is 16.7 Å². The van der Waals surface area contributed by atoms with Crippen LogP contribution in [0.1, 0.15) is 42.5 Å². The first-order valence-corrected chi connectivity index (χ1v) is 11.3. The third-order valence-electron chi connectivity index (χ3n) is 5.14. The van der Waals surface area contributed by atoms with Gasteiger partial charge in [-0.3, -0.25) is 9.59 Å². The summed E-state index contributed by atoms with van der Waals surface area (Å²) in [5, 5.41) is 4.18. The van der Waals surface area contributed by atoms with Crippen LogP contribution in [0.5, 0.6) is 0 Å². The molecule has 1 atom stereocenters. The molecule has 0 fully saturated rings. The highest BCUT2D eigenvalue weighted by molar-refractivity contribution is 6.31. The number of rotatable bonds is 9. The van der Waals surface area contributed by atoms with Crippen LogP contribution in [0.25, 0.3) is 0 Å². The van der Waals surface area contributed by atoms with Crippen molar-refractivity contribution >= 4 is 35.0 Å². The van der Waals surface area contributed by atoms with Crippen LogP contribution in [0.3, 0.4) is 0 Å². The zero-order valence-electron chi connectivity index (χ0n) is 17.9. The maximum atomic E-state index is 13.5. The van der Waals surface area contributed by atoms with Gasteiger partial charge in [0.05, 0.1) is 0 Å². The maximum absolute atomic E-state index is 13.5. The van der Waals surface area contributed by atoms with E-state index in [0.29, 0.717) is 29.4 Å². The number of nitrogens with one attached hydrogen (secondary N) is 1. The van der Waals surface area contributed by atoms with E-state index < -0.39 is 6.04 Å². The number of carbonyl (C=O) groups excluding carboxylic acids is 2. The molecule has 6 heteroatoms. The van der Waals surface area contributed by atoms with Gasteiger partial charge in [-0.2, -0.15) is 0 Å². The highest BCUT2D eigenvalue weighted by Gasteiger charge is 2.31. The number of carbonyl (C=O) groups is 2. The first-order valence-electron chi connectivity index (χ1n) is 10.6. The van der Waals surface area contributed by atoms with Crippen molar-refractivity contribution in [3.63, 3.8) is 0 Å². The summed E-state index contributed by atoms with van der Waals surface area (Å²) in [4.78, 5) is 28.3. The normalized spacial score (nSPS) is 11.6. The van der Waals surface area contributed by atoms with E-state index in [-0.39, 0.29) is 18.4 Å². The van der Waals surface area contributed by atoms with Crippen molar-refractivity contribution in [1.29, 1.82) is 0 Å². The zero-order chi connectivity index (χ0) is 22.9. The molecular formula is C26H26Cl2N2O2. The zero-order valence-corrected chi connectivity index (χ0v) is 19.4. The van der Waals surface area contributed by atoms with Crippen LogP contribution >= 0.6 is 23.2 Å². The number of hydrogen-bond donors (Lipinski definition) is 1. The molecule has 0 aromatic heterocycles. The first-order chi connectivity index (χ1) is 15.5. The van der Waals surface area contributed by atoms with Gasteiger partial charge >= 0.3 is 0 Å². The summed E-state index contributed by atoms with van der Waals surface area (Å²) >= 11 is 12.3. The second-order valence-corrected chi connectivity index (χ2v) is 8.36. The van der Waals surface area contributed by atoms with Gasteiger partial charge in [0.1, 0.15) is 6.04 Å². The van der Waals surface area contributed by atoms with Crippen molar-refractivity contribution in [2.75, 3.05) is 0 Å². The van der Waals surface area contributed by atoms with Crippen molar-refractivity contribution in [3.8, 4) is 0 Å². The lowest BCUT2D eigenvalue weighted by atomic mass is 10.0. The molecule has 3 aromatic carbocycles. The number of halogens is 2.